The number of fused-ring (bicyclic) bond motifs is 1. The van der Waals surface area contributed by atoms with Gasteiger partial charge in [0, 0.05) is 5.54 Å². The molecule has 86 valence electrons. The summed E-state index contributed by atoms with van der Waals surface area (Å²) in [5, 5.41) is 3.46. The number of aromatic nitrogens is 1. The van der Waals surface area contributed by atoms with Gasteiger partial charge < -0.3 is 4.57 Å². The summed E-state index contributed by atoms with van der Waals surface area (Å²) in [6.45, 7) is 7.24. The number of nitrogens with zero attached hydrogens (tertiary/aromatic N) is 1. The molecule has 0 unspecified atom stereocenters. The lowest BCUT2D eigenvalue weighted by Gasteiger charge is -2.21. The van der Waals surface area contributed by atoms with Gasteiger partial charge in [0.15, 0.2) is 3.95 Å². The van der Waals surface area contributed by atoms with Crippen molar-refractivity contribution in [3.05, 3.63) is 28.2 Å². The first-order valence-corrected chi connectivity index (χ1v) is 6.53. The molecule has 16 heavy (non-hydrogen) atoms. The smallest absolute Gasteiger partial charge is 0.163 e. The Labute approximate surface area is 105 Å². The number of nitrogens with one attached hydrogen (secondary N) is 1. The van der Waals surface area contributed by atoms with Crippen molar-refractivity contribution in [1.29, 1.82) is 0 Å². The first-order valence-electron chi connectivity index (χ1n) is 5.31. The fourth-order valence-corrected chi connectivity index (χ4v) is 2.80. The van der Waals surface area contributed by atoms with E-state index in [1.54, 1.807) is 11.3 Å². The van der Waals surface area contributed by atoms with E-state index in [9.17, 15) is 0 Å². The van der Waals surface area contributed by atoms with Crippen LogP contribution < -0.4 is 5.32 Å². The molecule has 0 atom stereocenters. The number of hydrogen-bond donors (Lipinski definition) is 1. The van der Waals surface area contributed by atoms with Crippen molar-refractivity contribution < 1.29 is 0 Å². The maximum atomic E-state index is 5.38. The highest BCUT2D eigenvalue weighted by molar-refractivity contribution is 7.73. The van der Waals surface area contributed by atoms with Crippen molar-refractivity contribution in [3.63, 3.8) is 0 Å². The molecular weight excluding hydrogens is 236 g/mol. The topological polar surface area (TPSA) is 17.0 Å². The van der Waals surface area contributed by atoms with Gasteiger partial charge in [0.05, 0.1) is 16.9 Å². The van der Waals surface area contributed by atoms with E-state index in [0.717, 1.165) is 10.6 Å². The van der Waals surface area contributed by atoms with E-state index >= 15 is 0 Å². The van der Waals surface area contributed by atoms with Crippen LogP contribution in [-0.4, -0.2) is 10.1 Å². The predicted octanol–water partition coefficient (Wildman–Crippen LogP) is 3.78. The van der Waals surface area contributed by atoms with Gasteiger partial charge in [-0.25, -0.2) is 0 Å². The predicted molar refractivity (Wildman–Crippen MR) is 73.5 cm³/mol. The monoisotopic (exact) mass is 252 g/mol. The largest absolute Gasteiger partial charge is 0.310 e. The molecule has 0 fully saturated rings. The second kappa shape index (κ2) is 4.28. The first kappa shape index (κ1) is 11.8. The molecule has 0 bridgehead atoms. The molecule has 0 aliphatic rings. The summed E-state index contributed by atoms with van der Waals surface area (Å²) in [6, 6.07) is 8.34. The average Bonchev–Trinajstić information content (AvgIpc) is 2.49. The van der Waals surface area contributed by atoms with E-state index in [0.29, 0.717) is 0 Å². The zero-order valence-electron chi connectivity index (χ0n) is 9.78. The van der Waals surface area contributed by atoms with Crippen LogP contribution in [0.2, 0.25) is 0 Å². The molecule has 0 radical (unpaired) electrons. The Morgan fingerprint density at radius 1 is 1.31 bits per heavy atom. The molecule has 2 aromatic rings. The van der Waals surface area contributed by atoms with Crippen LogP contribution in [0.5, 0.6) is 0 Å². The van der Waals surface area contributed by atoms with Crippen molar-refractivity contribution in [2.24, 2.45) is 0 Å². The summed E-state index contributed by atoms with van der Waals surface area (Å²) in [6.07, 6.45) is 0. The van der Waals surface area contributed by atoms with Gasteiger partial charge in [-0.3, -0.25) is 5.32 Å². The van der Waals surface area contributed by atoms with Crippen molar-refractivity contribution in [2.75, 3.05) is 0 Å². The van der Waals surface area contributed by atoms with Crippen LogP contribution in [0.4, 0.5) is 0 Å². The summed E-state index contributed by atoms with van der Waals surface area (Å²) in [7, 11) is 0. The summed E-state index contributed by atoms with van der Waals surface area (Å²) in [5.74, 6) is 0. The van der Waals surface area contributed by atoms with Crippen LogP contribution in [0.15, 0.2) is 24.3 Å². The lowest BCUT2D eigenvalue weighted by Crippen LogP contribution is -2.37. The third-order valence-corrected chi connectivity index (χ3v) is 3.77. The van der Waals surface area contributed by atoms with Gasteiger partial charge >= 0.3 is 0 Å². The fraction of sp³-hybridized carbons (Fsp3) is 0.417. The van der Waals surface area contributed by atoms with Crippen LogP contribution >= 0.6 is 23.6 Å². The number of thiazole rings is 1. The molecule has 2 nitrogen and oxygen atoms in total. The van der Waals surface area contributed by atoms with Crippen LogP contribution in [-0.2, 0) is 6.67 Å². The molecule has 1 N–H and O–H groups in total. The Kier molecular flexibility index (Phi) is 3.15. The molecule has 2 rings (SSSR count). The first-order chi connectivity index (χ1) is 7.47. The third-order valence-electron chi connectivity index (χ3n) is 2.34. The highest BCUT2D eigenvalue weighted by atomic mass is 32.1. The van der Waals surface area contributed by atoms with Gasteiger partial charge in [-0.15, -0.1) is 11.3 Å². The van der Waals surface area contributed by atoms with E-state index in [1.165, 1.54) is 10.2 Å². The van der Waals surface area contributed by atoms with Crippen LogP contribution in [0.3, 0.4) is 0 Å². The fourth-order valence-electron chi connectivity index (χ4n) is 1.48. The maximum Gasteiger partial charge on any atom is 0.163 e. The summed E-state index contributed by atoms with van der Waals surface area (Å²) >= 11 is 7.05. The lowest BCUT2D eigenvalue weighted by molar-refractivity contribution is 0.383. The number of hydrogen-bond acceptors (Lipinski definition) is 3. The maximum absolute atomic E-state index is 5.38. The zero-order chi connectivity index (χ0) is 11.8. The minimum atomic E-state index is 0.109. The Morgan fingerprint density at radius 3 is 2.69 bits per heavy atom. The Bertz CT molecular complexity index is 546. The summed E-state index contributed by atoms with van der Waals surface area (Å²) in [5.41, 5.74) is 1.33. The van der Waals surface area contributed by atoms with Gasteiger partial charge in [0.1, 0.15) is 0 Å². The van der Waals surface area contributed by atoms with Gasteiger partial charge in [-0.2, -0.15) is 0 Å². The second-order valence-electron chi connectivity index (χ2n) is 4.85. The Hall–Kier alpha value is -0.710. The van der Waals surface area contributed by atoms with Crippen molar-refractivity contribution in [3.8, 4) is 0 Å². The molecule has 0 aliphatic carbocycles. The number of rotatable bonds is 2. The number of benzene rings is 1. The van der Waals surface area contributed by atoms with E-state index in [-0.39, 0.29) is 5.54 Å². The van der Waals surface area contributed by atoms with E-state index in [2.05, 4.69) is 54.9 Å². The molecule has 1 aromatic carbocycles. The lowest BCUT2D eigenvalue weighted by atomic mass is 10.1. The van der Waals surface area contributed by atoms with Gasteiger partial charge in [-0.05, 0) is 45.1 Å². The molecule has 4 heteroatoms. The average molecular weight is 252 g/mol. The van der Waals surface area contributed by atoms with Crippen LogP contribution in [0.25, 0.3) is 10.2 Å². The molecule has 0 saturated heterocycles. The van der Waals surface area contributed by atoms with Gasteiger partial charge in [0.25, 0.3) is 0 Å². The molecule has 0 amide bonds. The highest BCUT2D eigenvalue weighted by Gasteiger charge is 2.10. The van der Waals surface area contributed by atoms with Gasteiger partial charge in [0.2, 0.25) is 0 Å². The van der Waals surface area contributed by atoms with Crippen molar-refractivity contribution in [1.82, 2.24) is 9.88 Å². The molecule has 1 aromatic heterocycles. The number of para-hydroxylation sites is 1. The van der Waals surface area contributed by atoms with E-state index in [4.69, 9.17) is 12.2 Å². The van der Waals surface area contributed by atoms with Crippen molar-refractivity contribution >= 4 is 33.8 Å². The standard InChI is InChI=1S/C12H16N2S2/c1-12(2,3)13-8-14-9-6-4-5-7-10(9)16-11(14)15/h4-7,13H,8H2,1-3H3. The van der Waals surface area contributed by atoms with E-state index in [1.807, 2.05) is 0 Å². The van der Waals surface area contributed by atoms with Gasteiger partial charge in [-0.1, -0.05) is 12.1 Å². The van der Waals surface area contributed by atoms with Crippen molar-refractivity contribution in [2.45, 2.75) is 33.0 Å². The third kappa shape index (κ3) is 2.51. The summed E-state index contributed by atoms with van der Waals surface area (Å²) < 4.78 is 4.33. The molecule has 0 saturated carbocycles. The second-order valence-corrected chi connectivity index (χ2v) is 6.52. The molecule has 0 aliphatic heterocycles. The van der Waals surface area contributed by atoms with Crippen LogP contribution in [0, 0.1) is 3.95 Å². The SMILES string of the molecule is CC(C)(C)NCn1c(=S)sc2ccccc21. The normalized spacial score (nSPS) is 12.2. The summed E-state index contributed by atoms with van der Waals surface area (Å²) in [4.78, 5) is 0. The quantitative estimate of drug-likeness (QED) is 0.819. The molecule has 1 heterocycles. The minimum absolute atomic E-state index is 0.109. The molecule has 0 spiro atoms. The Morgan fingerprint density at radius 2 is 2.00 bits per heavy atom. The minimum Gasteiger partial charge on any atom is -0.310 e. The highest BCUT2D eigenvalue weighted by Crippen LogP contribution is 2.22. The zero-order valence-corrected chi connectivity index (χ0v) is 11.4. The van der Waals surface area contributed by atoms with E-state index < -0.39 is 0 Å². The molecular formula is C12H16N2S2. The Balaban J connectivity index is 2.37. The van der Waals surface area contributed by atoms with Crippen LogP contribution in [0.1, 0.15) is 20.8 Å².